The van der Waals surface area contributed by atoms with Gasteiger partial charge in [-0.15, -0.1) is 0 Å². The van der Waals surface area contributed by atoms with Gasteiger partial charge in [0, 0.05) is 23.9 Å². The molecule has 0 saturated carbocycles. The highest BCUT2D eigenvalue weighted by Crippen LogP contribution is 2.40. The van der Waals surface area contributed by atoms with Gasteiger partial charge in [0.1, 0.15) is 11.3 Å². The first-order valence-corrected chi connectivity index (χ1v) is 10.5. The third kappa shape index (κ3) is 3.51. The lowest BCUT2D eigenvalue weighted by molar-refractivity contribution is 0.0696. The zero-order valence-corrected chi connectivity index (χ0v) is 16.7. The molecule has 7 nitrogen and oxygen atoms in total. The van der Waals surface area contributed by atoms with Crippen molar-refractivity contribution in [2.75, 3.05) is 4.72 Å². The average Bonchev–Trinajstić information content (AvgIpc) is 2.97. The van der Waals surface area contributed by atoms with E-state index in [-0.39, 0.29) is 21.7 Å². The second-order valence-electron chi connectivity index (χ2n) is 7.99. The van der Waals surface area contributed by atoms with Gasteiger partial charge in [-0.25, -0.2) is 13.2 Å². The highest BCUT2D eigenvalue weighted by Gasteiger charge is 2.35. The first kappa shape index (κ1) is 19.2. The fourth-order valence-electron chi connectivity index (χ4n) is 3.65. The predicted molar refractivity (Wildman–Crippen MR) is 107 cm³/mol. The van der Waals surface area contributed by atoms with E-state index in [9.17, 15) is 18.0 Å². The smallest absolute Gasteiger partial charge is 0.335 e. The number of carboxylic acid groups (broad SMARTS) is 1. The van der Waals surface area contributed by atoms with Crippen LogP contribution in [0.2, 0.25) is 0 Å². The summed E-state index contributed by atoms with van der Waals surface area (Å²) in [7, 11) is -3.92. The molecule has 1 aliphatic carbocycles. The molecular formula is C21H19NO6S. The van der Waals surface area contributed by atoms with Crippen molar-refractivity contribution in [3.05, 3.63) is 59.4 Å². The molecule has 0 spiro atoms. The maximum Gasteiger partial charge on any atom is 0.335 e. The lowest BCUT2D eigenvalue weighted by Crippen LogP contribution is -2.25. The fraction of sp³-hybridized carbons (Fsp3) is 0.238. The van der Waals surface area contributed by atoms with Gasteiger partial charge in [0.25, 0.3) is 10.0 Å². The highest BCUT2D eigenvalue weighted by molar-refractivity contribution is 7.92. The summed E-state index contributed by atoms with van der Waals surface area (Å²) in [4.78, 5) is 23.5. The van der Waals surface area contributed by atoms with Crippen LogP contribution in [0.15, 0.2) is 51.8 Å². The summed E-state index contributed by atoms with van der Waals surface area (Å²) in [6.45, 7) is 4.02. The molecule has 2 N–H and O–H groups in total. The first-order chi connectivity index (χ1) is 13.6. The van der Waals surface area contributed by atoms with Crippen molar-refractivity contribution in [3.8, 4) is 0 Å². The van der Waals surface area contributed by atoms with Gasteiger partial charge in [-0.05, 0) is 47.9 Å². The molecule has 0 radical (unpaired) electrons. The molecule has 8 heteroatoms. The number of ketones is 1. The molecule has 150 valence electrons. The number of rotatable bonds is 4. The Kier molecular flexibility index (Phi) is 4.27. The van der Waals surface area contributed by atoms with Crippen LogP contribution in [-0.2, 0) is 16.4 Å². The number of aromatic carboxylic acids is 1. The molecule has 0 atom stereocenters. The molecule has 3 aromatic rings. The van der Waals surface area contributed by atoms with E-state index < -0.39 is 16.0 Å². The number of hydrogen-bond donors (Lipinski definition) is 2. The maximum absolute atomic E-state index is 12.6. The van der Waals surface area contributed by atoms with E-state index >= 15 is 0 Å². The van der Waals surface area contributed by atoms with Crippen LogP contribution < -0.4 is 4.72 Å². The number of anilines is 1. The van der Waals surface area contributed by atoms with Crippen molar-refractivity contribution < 1.29 is 27.5 Å². The van der Waals surface area contributed by atoms with Crippen molar-refractivity contribution >= 4 is 38.4 Å². The molecule has 0 unspecified atom stereocenters. The van der Waals surface area contributed by atoms with Crippen LogP contribution in [-0.4, -0.2) is 25.3 Å². The number of carbonyl (C=O) groups excluding carboxylic acids is 1. The van der Waals surface area contributed by atoms with Crippen LogP contribution in [0.4, 0.5) is 5.69 Å². The quantitative estimate of drug-likeness (QED) is 0.666. The summed E-state index contributed by atoms with van der Waals surface area (Å²) in [6.07, 6.45) is 1.04. The van der Waals surface area contributed by atoms with Crippen molar-refractivity contribution in [3.63, 3.8) is 0 Å². The summed E-state index contributed by atoms with van der Waals surface area (Å²) in [5.74, 6) is -0.519. The topological polar surface area (TPSA) is 114 Å². The van der Waals surface area contributed by atoms with Crippen molar-refractivity contribution in [1.29, 1.82) is 0 Å². The van der Waals surface area contributed by atoms with Crippen LogP contribution >= 0.6 is 0 Å². The Morgan fingerprint density at radius 1 is 1.10 bits per heavy atom. The van der Waals surface area contributed by atoms with Crippen LogP contribution in [0.3, 0.4) is 0 Å². The molecule has 2 aromatic carbocycles. The van der Waals surface area contributed by atoms with E-state index in [1.165, 1.54) is 24.3 Å². The molecule has 29 heavy (non-hydrogen) atoms. The predicted octanol–water partition coefficient (Wildman–Crippen LogP) is 4.09. The Labute approximate surface area is 167 Å². The van der Waals surface area contributed by atoms with Crippen LogP contribution in [0.25, 0.3) is 11.0 Å². The average molecular weight is 413 g/mol. The summed E-state index contributed by atoms with van der Waals surface area (Å²) >= 11 is 0. The summed E-state index contributed by atoms with van der Waals surface area (Å²) in [5, 5.41) is 9.53. The Morgan fingerprint density at radius 3 is 2.45 bits per heavy atom. The lowest BCUT2D eigenvalue weighted by Gasteiger charge is -2.27. The molecule has 0 fully saturated rings. The molecule has 1 heterocycles. The SMILES string of the molecule is CC1(C)CC(=O)c2c(oc3ccc(NS(=O)(=O)c4ccc(C(=O)O)cc4)cc23)C1. The standard InChI is InChI=1S/C21H19NO6S/c1-21(2)10-16(23)19-15-9-13(5-8-17(15)28-18(19)11-21)22-29(26,27)14-6-3-12(4-7-14)20(24)25/h3-9,22H,10-11H2,1-2H3,(H,24,25). The van der Waals surface area contributed by atoms with E-state index in [1.807, 2.05) is 13.8 Å². The van der Waals surface area contributed by atoms with Crippen LogP contribution in [0.5, 0.6) is 0 Å². The van der Waals surface area contributed by atoms with Gasteiger partial charge in [-0.3, -0.25) is 9.52 Å². The molecule has 0 saturated heterocycles. The van der Waals surface area contributed by atoms with E-state index in [1.54, 1.807) is 18.2 Å². The summed E-state index contributed by atoms with van der Waals surface area (Å²) in [5.41, 5.74) is 1.17. The Hall–Kier alpha value is -3.13. The Morgan fingerprint density at radius 2 is 1.79 bits per heavy atom. The number of benzene rings is 2. The number of carboxylic acids is 1. The molecule has 1 aliphatic rings. The van der Waals surface area contributed by atoms with Gasteiger partial charge >= 0.3 is 5.97 Å². The third-order valence-electron chi connectivity index (χ3n) is 4.98. The van der Waals surface area contributed by atoms with E-state index in [0.29, 0.717) is 40.8 Å². The Balaban J connectivity index is 1.69. The number of fused-ring (bicyclic) bond motifs is 3. The minimum Gasteiger partial charge on any atom is -0.478 e. The lowest BCUT2D eigenvalue weighted by atomic mass is 9.76. The molecule has 1 aromatic heterocycles. The zero-order chi connectivity index (χ0) is 21.0. The number of nitrogens with one attached hydrogen (secondary N) is 1. The van der Waals surface area contributed by atoms with Gasteiger partial charge in [0.2, 0.25) is 0 Å². The molecule has 0 bridgehead atoms. The number of furan rings is 1. The normalized spacial score (nSPS) is 15.9. The first-order valence-electron chi connectivity index (χ1n) is 9.01. The van der Waals surface area contributed by atoms with Crippen molar-refractivity contribution in [1.82, 2.24) is 0 Å². The van der Waals surface area contributed by atoms with Gasteiger partial charge in [0.15, 0.2) is 5.78 Å². The second-order valence-corrected chi connectivity index (χ2v) is 9.67. The van der Waals surface area contributed by atoms with E-state index in [0.717, 1.165) is 0 Å². The fourth-order valence-corrected chi connectivity index (χ4v) is 4.70. The minimum absolute atomic E-state index is 0.00293. The number of hydrogen-bond acceptors (Lipinski definition) is 5. The van der Waals surface area contributed by atoms with Crippen molar-refractivity contribution in [2.45, 2.75) is 31.6 Å². The molecule has 4 rings (SSSR count). The van der Waals surface area contributed by atoms with Gasteiger partial charge in [-0.1, -0.05) is 13.8 Å². The number of Topliss-reactive ketones (excluding diaryl/α,β-unsaturated/α-hetero) is 1. The van der Waals surface area contributed by atoms with E-state index in [2.05, 4.69) is 4.72 Å². The van der Waals surface area contributed by atoms with Gasteiger partial charge < -0.3 is 9.52 Å². The van der Waals surface area contributed by atoms with Gasteiger partial charge in [-0.2, -0.15) is 0 Å². The summed E-state index contributed by atoms with van der Waals surface area (Å²) < 4.78 is 33.6. The third-order valence-corrected chi connectivity index (χ3v) is 6.38. The van der Waals surface area contributed by atoms with Crippen molar-refractivity contribution in [2.24, 2.45) is 5.41 Å². The second kappa shape index (κ2) is 6.45. The molecule has 0 amide bonds. The monoisotopic (exact) mass is 413 g/mol. The van der Waals surface area contributed by atoms with Gasteiger partial charge in [0.05, 0.1) is 16.0 Å². The number of sulfonamides is 1. The largest absolute Gasteiger partial charge is 0.478 e. The summed E-state index contributed by atoms with van der Waals surface area (Å²) in [6, 6.07) is 9.72. The molecule has 0 aliphatic heterocycles. The maximum atomic E-state index is 12.6. The van der Waals surface area contributed by atoms with E-state index in [4.69, 9.17) is 9.52 Å². The van der Waals surface area contributed by atoms with Crippen LogP contribution in [0.1, 0.15) is 46.7 Å². The minimum atomic E-state index is -3.92. The highest BCUT2D eigenvalue weighted by atomic mass is 32.2. The number of carbonyl (C=O) groups is 2. The van der Waals surface area contributed by atoms with Crippen LogP contribution in [0, 0.1) is 5.41 Å². The Bertz CT molecular complexity index is 1250. The zero-order valence-electron chi connectivity index (χ0n) is 15.9. The molecular weight excluding hydrogens is 394 g/mol.